The molecule has 3 aliphatic heterocycles. The molecule has 1 N–H and O–H groups in total. The van der Waals surface area contributed by atoms with E-state index in [4.69, 9.17) is 4.74 Å². The lowest BCUT2D eigenvalue weighted by atomic mass is 9.86. The van der Waals surface area contributed by atoms with Gasteiger partial charge in [-0.25, -0.2) is 4.79 Å². The maximum absolute atomic E-state index is 13.4. The molecule has 5 rings (SSSR count). The molecule has 2 aromatic carbocycles. The van der Waals surface area contributed by atoms with Gasteiger partial charge in [0.25, 0.3) is 0 Å². The SMILES string of the molecule is O=C(OC1C[C@H]2CC[C@@H](C1)[N+]21CCCC1)C(O)(c1ccccc1)c1ccccc1.[Cl-]. The zero-order chi connectivity index (χ0) is 19.9. The van der Waals surface area contributed by atoms with Crippen LogP contribution < -0.4 is 12.4 Å². The van der Waals surface area contributed by atoms with Crippen LogP contribution in [-0.4, -0.2) is 46.8 Å². The van der Waals surface area contributed by atoms with Crippen LogP contribution in [0.1, 0.15) is 49.7 Å². The molecule has 2 bridgehead atoms. The second-order valence-electron chi connectivity index (χ2n) is 9.08. The number of nitrogens with zero attached hydrogens (tertiary/aromatic N) is 1. The quantitative estimate of drug-likeness (QED) is 0.579. The molecule has 2 aromatic rings. The summed E-state index contributed by atoms with van der Waals surface area (Å²) in [4.78, 5) is 13.4. The Morgan fingerprint density at radius 2 is 1.33 bits per heavy atom. The number of rotatable bonds is 4. The molecule has 5 heteroatoms. The van der Waals surface area contributed by atoms with Gasteiger partial charge in [0.2, 0.25) is 5.60 Å². The van der Waals surface area contributed by atoms with E-state index in [9.17, 15) is 9.90 Å². The molecular formula is C25H30ClNO3. The van der Waals surface area contributed by atoms with Crippen LogP contribution in [0.4, 0.5) is 0 Å². The van der Waals surface area contributed by atoms with Crippen molar-refractivity contribution in [3.05, 3.63) is 71.8 Å². The molecule has 0 amide bonds. The fraction of sp³-hybridized carbons (Fsp3) is 0.480. The van der Waals surface area contributed by atoms with Crippen molar-refractivity contribution in [2.24, 2.45) is 0 Å². The highest BCUT2D eigenvalue weighted by molar-refractivity contribution is 5.85. The Kier molecular flexibility index (Phi) is 5.93. The summed E-state index contributed by atoms with van der Waals surface area (Å²) in [6.07, 6.45) is 6.94. The molecule has 3 heterocycles. The molecule has 0 aromatic heterocycles. The molecule has 0 radical (unpaired) electrons. The van der Waals surface area contributed by atoms with E-state index in [2.05, 4.69) is 0 Å². The van der Waals surface area contributed by atoms with E-state index in [0.717, 1.165) is 12.8 Å². The molecule has 30 heavy (non-hydrogen) atoms. The van der Waals surface area contributed by atoms with Crippen LogP contribution in [0.15, 0.2) is 60.7 Å². The van der Waals surface area contributed by atoms with Gasteiger partial charge in [0, 0.05) is 38.5 Å². The fourth-order valence-corrected chi connectivity index (χ4v) is 6.30. The third-order valence-electron chi connectivity index (χ3n) is 7.71. The third kappa shape index (κ3) is 3.35. The number of halogens is 1. The molecule has 4 nitrogen and oxygen atoms in total. The monoisotopic (exact) mass is 427 g/mol. The number of piperidine rings is 1. The molecule has 3 fully saturated rings. The number of carbonyl (C=O) groups is 1. The van der Waals surface area contributed by atoms with E-state index in [1.807, 2.05) is 36.4 Å². The minimum atomic E-state index is -1.78. The summed E-state index contributed by atoms with van der Waals surface area (Å²) < 4.78 is 7.32. The highest BCUT2D eigenvalue weighted by atomic mass is 35.5. The summed E-state index contributed by atoms with van der Waals surface area (Å²) in [6, 6.07) is 19.6. The Hall–Kier alpha value is -1.88. The molecule has 160 valence electrons. The summed E-state index contributed by atoms with van der Waals surface area (Å²) in [5, 5.41) is 11.6. The number of hydrogen-bond donors (Lipinski definition) is 1. The van der Waals surface area contributed by atoms with Crippen LogP contribution in [0.25, 0.3) is 0 Å². The van der Waals surface area contributed by atoms with Gasteiger partial charge in [-0.15, -0.1) is 0 Å². The molecular weight excluding hydrogens is 398 g/mol. The predicted octanol–water partition coefficient (Wildman–Crippen LogP) is 0.774. The van der Waals surface area contributed by atoms with Crippen molar-refractivity contribution >= 4 is 5.97 Å². The van der Waals surface area contributed by atoms with Crippen molar-refractivity contribution in [3.63, 3.8) is 0 Å². The Morgan fingerprint density at radius 3 is 1.80 bits per heavy atom. The summed E-state index contributed by atoms with van der Waals surface area (Å²) in [6.45, 7) is 2.60. The zero-order valence-corrected chi connectivity index (χ0v) is 18.0. The van der Waals surface area contributed by atoms with Gasteiger partial charge in [0.1, 0.15) is 6.10 Å². The Balaban J connectivity index is 0.00000218. The average Bonchev–Trinajstić information content (AvgIpc) is 3.31. The number of hydrogen-bond acceptors (Lipinski definition) is 3. The highest BCUT2D eigenvalue weighted by Crippen LogP contribution is 2.46. The summed E-state index contributed by atoms with van der Waals surface area (Å²) >= 11 is 0. The van der Waals surface area contributed by atoms with Crippen LogP contribution in [0, 0.1) is 0 Å². The first-order valence-corrected chi connectivity index (χ1v) is 11.0. The second kappa shape index (κ2) is 8.33. The van der Waals surface area contributed by atoms with Crippen molar-refractivity contribution in [2.75, 3.05) is 13.1 Å². The van der Waals surface area contributed by atoms with Gasteiger partial charge in [-0.05, 0) is 11.1 Å². The standard InChI is InChI=1S/C25H30NO3.ClH/c27-24(25(28,19-9-3-1-4-10-19)20-11-5-2-6-12-20)29-23-17-21-13-14-22(18-23)26(21)15-7-8-16-26;/h1-6,9-12,21-23,28H,7-8,13-18H2;1H/q+1;/p-1/t21-,22+,23?;. The van der Waals surface area contributed by atoms with Crippen LogP contribution in [0.2, 0.25) is 0 Å². The second-order valence-corrected chi connectivity index (χ2v) is 9.08. The smallest absolute Gasteiger partial charge is 0.347 e. The minimum absolute atomic E-state index is 0. The van der Waals surface area contributed by atoms with Crippen LogP contribution in [0.3, 0.4) is 0 Å². The molecule has 0 saturated carbocycles. The van der Waals surface area contributed by atoms with Crippen molar-refractivity contribution in [1.29, 1.82) is 0 Å². The Bertz CT molecular complexity index is 811. The Morgan fingerprint density at radius 1 is 0.867 bits per heavy atom. The van der Waals surface area contributed by atoms with Crippen molar-refractivity contribution in [3.8, 4) is 0 Å². The summed E-state index contributed by atoms with van der Waals surface area (Å²) in [7, 11) is 0. The lowest BCUT2D eigenvalue weighted by molar-refractivity contribution is -0.956. The average molecular weight is 428 g/mol. The lowest BCUT2D eigenvalue weighted by Gasteiger charge is -2.47. The maximum Gasteiger partial charge on any atom is 0.347 e. The van der Waals surface area contributed by atoms with E-state index in [-0.39, 0.29) is 18.5 Å². The van der Waals surface area contributed by atoms with Crippen LogP contribution in [-0.2, 0) is 15.1 Å². The van der Waals surface area contributed by atoms with Gasteiger partial charge in [0.15, 0.2) is 0 Å². The van der Waals surface area contributed by atoms with E-state index in [0.29, 0.717) is 23.2 Å². The fourth-order valence-electron chi connectivity index (χ4n) is 6.30. The van der Waals surface area contributed by atoms with Gasteiger partial charge in [-0.1, -0.05) is 60.7 Å². The third-order valence-corrected chi connectivity index (χ3v) is 7.71. The molecule has 3 atom stereocenters. The molecule has 3 aliphatic rings. The van der Waals surface area contributed by atoms with Crippen LogP contribution in [0.5, 0.6) is 0 Å². The first-order chi connectivity index (χ1) is 14.1. The molecule has 3 saturated heterocycles. The van der Waals surface area contributed by atoms with Gasteiger partial charge in [0.05, 0.1) is 25.2 Å². The largest absolute Gasteiger partial charge is 1.00 e. The minimum Gasteiger partial charge on any atom is -1.00 e. The number of ether oxygens (including phenoxy) is 1. The van der Waals surface area contributed by atoms with E-state index < -0.39 is 11.6 Å². The first-order valence-electron chi connectivity index (χ1n) is 11.0. The summed E-state index contributed by atoms with van der Waals surface area (Å²) in [5.41, 5.74) is -0.671. The van der Waals surface area contributed by atoms with Gasteiger partial charge in [-0.3, -0.25) is 0 Å². The Labute approximate surface area is 184 Å². The van der Waals surface area contributed by atoms with Crippen molar-refractivity contribution in [2.45, 2.75) is 62.3 Å². The number of benzene rings is 2. The number of carbonyl (C=O) groups excluding carboxylic acids is 1. The highest BCUT2D eigenvalue weighted by Gasteiger charge is 2.56. The number of aliphatic hydroxyl groups is 1. The van der Waals surface area contributed by atoms with Gasteiger partial charge < -0.3 is 26.7 Å². The topological polar surface area (TPSA) is 46.5 Å². The molecule has 0 aliphatic carbocycles. The first kappa shape index (κ1) is 21.4. The van der Waals surface area contributed by atoms with Gasteiger partial charge in [-0.2, -0.15) is 0 Å². The number of quaternary nitrogens is 1. The zero-order valence-electron chi connectivity index (χ0n) is 17.3. The van der Waals surface area contributed by atoms with E-state index in [1.54, 1.807) is 24.3 Å². The summed E-state index contributed by atoms with van der Waals surface area (Å²) in [5.74, 6) is -0.547. The lowest BCUT2D eigenvalue weighted by Crippen LogP contribution is -3.00. The number of esters is 1. The van der Waals surface area contributed by atoms with Gasteiger partial charge >= 0.3 is 5.97 Å². The molecule has 1 unspecified atom stereocenters. The van der Waals surface area contributed by atoms with Crippen molar-refractivity contribution < 1.29 is 31.5 Å². The normalized spacial score (nSPS) is 26.9. The van der Waals surface area contributed by atoms with Crippen molar-refractivity contribution in [1.82, 2.24) is 0 Å². The van der Waals surface area contributed by atoms with Crippen LogP contribution >= 0.6 is 0 Å². The van der Waals surface area contributed by atoms with E-state index in [1.165, 1.54) is 43.3 Å². The van der Waals surface area contributed by atoms with E-state index >= 15 is 0 Å². The molecule has 1 spiro atoms. The predicted molar refractivity (Wildman–Crippen MR) is 111 cm³/mol. The maximum atomic E-state index is 13.4.